The van der Waals surface area contributed by atoms with Crippen molar-refractivity contribution in [2.45, 2.75) is 32.1 Å². The summed E-state index contributed by atoms with van der Waals surface area (Å²) in [5.41, 5.74) is 2.68. The van der Waals surface area contributed by atoms with Gasteiger partial charge in [-0.25, -0.2) is 4.79 Å². The van der Waals surface area contributed by atoms with Crippen LogP contribution in [0, 0.1) is 0 Å². The molecule has 0 spiro atoms. The summed E-state index contributed by atoms with van der Waals surface area (Å²) in [5.74, 6) is -1.78. The van der Waals surface area contributed by atoms with Crippen molar-refractivity contribution in [2.24, 2.45) is 0 Å². The number of aryl methyl sites for hydroxylation is 1. The standard InChI is InChI=1S/C13H14O3/c1-8-3-2-4-9-5-6-10(7-11(8)9)12(14)13(15)16/h5-8H,2-4H2,1H3,(H,15,16). The largest absolute Gasteiger partial charge is 0.475 e. The lowest BCUT2D eigenvalue weighted by molar-refractivity contribution is -0.131. The van der Waals surface area contributed by atoms with Crippen LogP contribution in [0.3, 0.4) is 0 Å². The summed E-state index contributed by atoms with van der Waals surface area (Å²) >= 11 is 0. The van der Waals surface area contributed by atoms with Crippen molar-refractivity contribution in [3.05, 3.63) is 34.9 Å². The van der Waals surface area contributed by atoms with Gasteiger partial charge in [-0.2, -0.15) is 0 Å². The second kappa shape index (κ2) is 4.08. The zero-order valence-corrected chi connectivity index (χ0v) is 9.19. The molecule has 0 bridgehead atoms. The van der Waals surface area contributed by atoms with Crippen molar-refractivity contribution in [2.75, 3.05) is 0 Å². The Hall–Kier alpha value is -1.64. The van der Waals surface area contributed by atoms with Gasteiger partial charge < -0.3 is 5.11 Å². The smallest absolute Gasteiger partial charge is 0.377 e. The summed E-state index contributed by atoms with van der Waals surface area (Å²) in [6.07, 6.45) is 3.30. The highest BCUT2D eigenvalue weighted by molar-refractivity contribution is 6.39. The Morgan fingerprint density at radius 3 is 2.81 bits per heavy atom. The predicted molar refractivity (Wildman–Crippen MR) is 59.8 cm³/mol. The fraction of sp³-hybridized carbons (Fsp3) is 0.385. The molecule has 0 amide bonds. The highest BCUT2D eigenvalue weighted by Crippen LogP contribution is 2.31. The Bertz CT molecular complexity index is 448. The maximum absolute atomic E-state index is 11.3. The molecule has 0 aromatic heterocycles. The Labute approximate surface area is 94.1 Å². The monoisotopic (exact) mass is 218 g/mol. The quantitative estimate of drug-likeness (QED) is 0.612. The lowest BCUT2D eigenvalue weighted by atomic mass is 9.83. The molecular formula is C13H14O3. The van der Waals surface area contributed by atoms with E-state index in [0.717, 1.165) is 18.4 Å². The number of carboxylic acids is 1. The van der Waals surface area contributed by atoms with Gasteiger partial charge in [0.05, 0.1) is 0 Å². The lowest BCUT2D eigenvalue weighted by Gasteiger charge is -2.22. The van der Waals surface area contributed by atoms with Crippen LogP contribution in [-0.4, -0.2) is 16.9 Å². The van der Waals surface area contributed by atoms with E-state index in [4.69, 9.17) is 5.11 Å². The molecule has 1 atom stereocenters. The van der Waals surface area contributed by atoms with Gasteiger partial charge in [0.15, 0.2) is 0 Å². The van der Waals surface area contributed by atoms with Gasteiger partial charge in [0, 0.05) is 5.56 Å². The fourth-order valence-corrected chi connectivity index (χ4v) is 2.30. The van der Waals surface area contributed by atoms with E-state index in [1.54, 1.807) is 12.1 Å². The maximum Gasteiger partial charge on any atom is 0.377 e. The number of hydrogen-bond donors (Lipinski definition) is 1. The number of rotatable bonds is 2. The van der Waals surface area contributed by atoms with E-state index < -0.39 is 11.8 Å². The van der Waals surface area contributed by atoms with Crippen LogP contribution in [0.5, 0.6) is 0 Å². The van der Waals surface area contributed by atoms with Gasteiger partial charge in [0.25, 0.3) is 5.78 Å². The first-order valence-corrected chi connectivity index (χ1v) is 5.50. The SMILES string of the molecule is CC1CCCc2ccc(C(=O)C(=O)O)cc21. The van der Waals surface area contributed by atoms with E-state index in [1.807, 2.05) is 6.07 Å². The molecule has 1 N–H and O–H groups in total. The molecule has 0 heterocycles. The molecule has 0 saturated heterocycles. The minimum absolute atomic E-state index is 0.292. The lowest BCUT2D eigenvalue weighted by Crippen LogP contribution is -2.15. The highest BCUT2D eigenvalue weighted by Gasteiger charge is 2.20. The molecule has 3 heteroatoms. The Kier molecular flexibility index (Phi) is 2.77. The number of ketones is 1. The summed E-state index contributed by atoms with van der Waals surface area (Å²) in [7, 11) is 0. The third-order valence-electron chi connectivity index (χ3n) is 3.22. The van der Waals surface area contributed by atoms with Crippen molar-refractivity contribution < 1.29 is 14.7 Å². The van der Waals surface area contributed by atoms with Crippen molar-refractivity contribution in [3.8, 4) is 0 Å². The molecule has 2 rings (SSSR count). The summed E-state index contributed by atoms with van der Waals surface area (Å²) in [5, 5.41) is 8.66. The Balaban J connectivity index is 2.41. The van der Waals surface area contributed by atoms with Crippen LogP contribution in [0.1, 0.15) is 47.2 Å². The molecule has 0 saturated carbocycles. The van der Waals surface area contributed by atoms with Gasteiger partial charge in [-0.1, -0.05) is 19.1 Å². The molecule has 1 unspecified atom stereocenters. The first-order valence-electron chi connectivity index (χ1n) is 5.50. The van der Waals surface area contributed by atoms with Gasteiger partial charge in [-0.15, -0.1) is 0 Å². The van der Waals surface area contributed by atoms with Crippen LogP contribution in [0.2, 0.25) is 0 Å². The van der Waals surface area contributed by atoms with Gasteiger partial charge in [0.2, 0.25) is 0 Å². The normalized spacial score (nSPS) is 18.9. The average Bonchev–Trinajstić information content (AvgIpc) is 2.28. The number of fused-ring (bicyclic) bond motifs is 1. The molecule has 16 heavy (non-hydrogen) atoms. The van der Waals surface area contributed by atoms with Crippen LogP contribution >= 0.6 is 0 Å². The highest BCUT2D eigenvalue weighted by atomic mass is 16.4. The Morgan fingerprint density at radius 2 is 2.12 bits per heavy atom. The van der Waals surface area contributed by atoms with Gasteiger partial charge in [-0.3, -0.25) is 4.79 Å². The van der Waals surface area contributed by atoms with Crippen molar-refractivity contribution >= 4 is 11.8 Å². The van der Waals surface area contributed by atoms with Gasteiger partial charge >= 0.3 is 5.97 Å². The summed E-state index contributed by atoms with van der Waals surface area (Å²) < 4.78 is 0. The third kappa shape index (κ3) is 1.85. The fourth-order valence-electron chi connectivity index (χ4n) is 2.30. The van der Waals surface area contributed by atoms with E-state index in [-0.39, 0.29) is 0 Å². The predicted octanol–water partition coefficient (Wildman–Crippen LogP) is 2.39. The zero-order valence-electron chi connectivity index (χ0n) is 9.19. The van der Waals surface area contributed by atoms with Crippen LogP contribution < -0.4 is 0 Å². The minimum atomic E-state index is -1.39. The number of carbonyl (C=O) groups excluding carboxylic acids is 1. The molecule has 0 aliphatic heterocycles. The van der Waals surface area contributed by atoms with E-state index in [1.165, 1.54) is 12.0 Å². The number of Topliss-reactive ketones (excluding diaryl/α,β-unsaturated/α-hetero) is 1. The van der Waals surface area contributed by atoms with E-state index in [2.05, 4.69) is 6.92 Å². The van der Waals surface area contributed by atoms with Crippen molar-refractivity contribution in [3.63, 3.8) is 0 Å². The molecule has 1 aliphatic rings. The van der Waals surface area contributed by atoms with Gasteiger partial charge in [0.1, 0.15) is 0 Å². The number of carbonyl (C=O) groups is 2. The summed E-state index contributed by atoms with van der Waals surface area (Å²) in [6.45, 7) is 2.12. The van der Waals surface area contributed by atoms with Crippen LogP contribution in [0.15, 0.2) is 18.2 Å². The number of carboxylic acid groups (broad SMARTS) is 1. The number of aliphatic carboxylic acids is 1. The topological polar surface area (TPSA) is 54.4 Å². The molecule has 1 aromatic carbocycles. The van der Waals surface area contributed by atoms with Crippen LogP contribution in [-0.2, 0) is 11.2 Å². The zero-order chi connectivity index (χ0) is 11.7. The molecule has 1 aromatic rings. The third-order valence-corrected chi connectivity index (χ3v) is 3.22. The first-order chi connectivity index (χ1) is 7.59. The van der Waals surface area contributed by atoms with Crippen molar-refractivity contribution in [1.29, 1.82) is 0 Å². The van der Waals surface area contributed by atoms with E-state index in [9.17, 15) is 9.59 Å². The van der Waals surface area contributed by atoms with E-state index in [0.29, 0.717) is 11.5 Å². The van der Waals surface area contributed by atoms with Crippen LogP contribution in [0.4, 0.5) is 0 Å². The van der Waals surface area contributed by atoms with Crippen molar-refractivity contribution in [1.82, 2.24) is 0 Å². The average molecular weight is 218 g/mol. The molecule has 0 fully saturated rings. The van der Waals surface area contributed by atoms with E-state index >= 15 is 0 Å². The van der Waals surface area contributed by atoms with Crippen LogP contribution in [0.25, 0.3) is 0 Å². The summed E-state index contributed by atoms with van der Waals surface area (Å²) in [4.78, 5) is 21.9. The number of benzene rings is 1. The molecule has 84 valence electrons. The minimum Gasteiger partial charge on any atom is -0.475 e. The maximum atomic E-state index is 11.3. The molecular weight excluding hydrogens is 204 g/mol. The molecule has 0 radical (unpaired) electrons. The second-order valence-corrected chi connectivity index (χ2v) is 4.34. The molecule has 3 nitrogen and oxygen atoms in total. The molecule has 1 aliphatic carbocycles. The summed E-state index contributed by atoms with van der Waals surface area (Å²) in [6, 6.07) is 5.25. The van der Waals surface area contributed by atoms with Gasteiger partial charge in [-0.05, 0) is 42.4 Å². The Morgan fingerprint density at radius 1 is 1.38 bits per heavy atom. The number of hydrogen-bond acceptors (Lipinski definition) is 2. The second-order valence-electron chi connectivity index (χ2n) is 4.34. The first kappa shape index (κ1) is 10.9.